The third-order valence-electron chi connectivity index (χ3n) is 3.16. The summed E-state index contributed by atoms with van der Waals surface area (Å²) in [5, 5.41) is 5.31. The third kappa shape index (κ3) is 6.26. The van der Waals surface area contributed by atoms with E-state index in [1.807, 2.05) is 49.5 Å². The van der Waals surface area contributed by atoms with Gasteiger partial charge in [0.15, 0.2) is 0 Å². The van der Waals surface area contributed by atoms with E-state index in [2.05, 4.69) is 10.6 Å². The molecule has 122 valence electrons. The number of carbonyl (C=O) groups excluding carboxylic acids is 2. The quantitative estimate of drug-likeness (QED) is 0.669. The summed E-state index contributed by atoms with van der Waals surface area (Å²) >= 11 is 1.62. The minimum absolute atomic E-state index is 0.218. The standard InChI is InChI=1S/C15H24N4O2S/c1-19(2)12-6-4-11(5-7-12)10-17-14(20)13(8-9-22-3)18-15(16)21/h4-7,13H,8-10H2,1-3H3,(H,17,20)(H3,16,18,21)/t13-/m1/s1. The van der Waals surface area contributed by atoms with Gasteiger partial charge in [0.2, 0.25) is 5.91 Å². The Balaban J connectivity index is 2.55. The fourth-order valence-electron chi connectivity index (χ4n) is 1.90. The largest absolute Gasteiger partial charge is 0.378 e. The molecule has 1 aromatic carbocycles. The van der Waals surface area contributed by atoms with Crippen molar-refractivity contribution in [1.29, 1.82) is 0 Å². The Kier molecular flexibility index (Phi) is 7.59. The number of nitrogens with two attached hydrogens (primary N) is 1. The molecule has 22 heavy (non-hydrogen) atoms. The van der Waals surface area contributed by atoms with Gasteiger partial charge in [0.05, 0.1) is 0 Å². The van der Waals surface area contributed by atoms with E-state index >= 15 is 0 Å². The minimum atomic E-state index is -0.684. The van der Waals surface area contributed by atoms with Gasteiger partial charge in [-0.2, -0.15) is 11.8 Å². The molecule has 0 aromatic heterocycles. The second kappa shape index (κ2) is 9.19. The Labute approximate surface area is 135 Å². The van der Waals surface area contributed by atoms with Gasteiger partial charge in [-0.15, -0.1) is 0 Å². The monoisotopic (exact) mass is 324 g/mol. The maximum Gasteiger partial charge on any atom is 0.312 e. The molecule has 0 spiro atoms. The number of nitrogens with one attached hydrogen (secondary N) is 2. The van der Waals surface area contributed by atoms with Crippen LogP contribution >= 0.6 is 11.8 Å². The summed E-state index contributed by atoms with van der Waals surface area (Å²) < 4.78 is 0. The van der Waals surface area contributed by atoms with Crippen LogP contribution in [0.25, 0.3) is 0 Å². The summed E-state index contributed by atoms with van der Waals surface area (Å²) in [7, 11) is 3.95. The van der Waals surface area contributed by atoms with Crippen LogP contribution in [0.4, 0.5) is 10.5 Å². The summed E-state index contributed by atoms with van der Waals surface area (Å²) in [6, 6.07) is 6.65. The van der Waals surface area contributed by atoms with Gasteiger partial charge in [-0.1, -0.05) is 12.1 Å². The Morgan fingerprint density at radius 2 is 1.91 bits per heavy atom. The SMILES string of the molecule is CSCC[C@@H](NC(N)=O)C(=O)NCc1ccc(N(C)C)cc1. The Morgan fingerprint density at radius 1 is 1.27 bits per heavy atom. The zero-order valence-electron chi connectivity index (χ0n) is 13.3. The molecular weight excluding hydrogens is 300 g/mol. The molecule has 0 unspecified atom stereocenters. The molecule has 0 radical (unpaired) electrons. The highest BCUT2D eigenvalue weighted by Gasteiger charge is 2.18. The van der Waals surface area contributed by atoms with E-state index in [-0.39, 0.29) is 5.91 Å². The van der Waals surface area contributed by atoms with Crippen molar-refractivity contribution in [2.45, 2.75) is 19.0 Å². The van der Waals surface area contributed by atoms with Crippen LogP contribution in [-0.4, -0.2) is 44.1 Å². The van der Waals surface area contributed by atoms with Gasteiger partial charge >= 0.3 is 6.03 Å². The Morgan fingerprint density at radius 3 is 2.41 bits per heavy atom. The smallest absolute Gasteiger partial charge is 0.312 e. The molecule has 3 amide bonds. The molecule has 4 N–H and O–H groups in total. The Bertz CT molecular complexity index is 491. The van der Waals surface area contributed by atoms with Crippen molar-refractivity contribution in [1.82, 2.24) is 10.6 Å². The first kappa shape index (κ1) is 18.2. The van der Waals surface area contributed by atoms with Crippen LogP contribution in [0.3, 0.4) is 0 Å². The summed E-state index contributed by atoms with van der Waals surface area (Å²) in [6.45, 7) is 0.419. The summed E-state index contributed by atoms with van der Waals surface area (Å²) in [6.07, 6.45) is 2.50. The van der Waals surface area contributed by atoms with Gasteiger partial charge in [0.25, 0.3) is 0 Å². The fourth-order valence-corrected chi connectivity index (χ4v) is 2.37. The van der Waals surface area contributed by atoms with Gasteiger partial charge in [-0.25, -0.2) is 4.79 Å². The molecule has 6 nitrogen and oxygen atoms in total. The molecule has 0 aliphatic heterocycles. The Hall–Kier alpha value is -1.89. The average Bonchev–Trinajstić information content (AvgIpc) is 2.49. The molecule has 7 heteroatoms. The topological polar surface area (TPSA) is 87.5 Å². The van der Waals surface area contributed by atoms with Crippen LogP contribution in [0.5, 0.6) is 0 Å². The van der Waals surface area contributed by atoms with Crippen molar-refractivity contribution >= 4 is 29.4 Å². The van der Waals surface area contributed by atoms with Crippen LogP contribution in [-0.2, 0) is 11.3 Å². The number of thioether (sulfide) groups is 1. The highest BCUT2D eigenvalue weighted by Crippen LogP contribution is 2.12. The number of carbonyl (C=O) groups is 2. The van der Waals surface area contributed by atoms with E-state index in [1.54, 1.807) is 11.8 Å². The van der Waals surface area contributed by atoms with E-state index in [0.717, 1.165) is 17.0 Å². The number of benzene rings is 1. The van der Waals surface area contributed by atoms with Crippen molar-refractivity contribution < 1.29 is 9.59 Å². The van der Waals surface area contributed by atoms with Crippen molar-refractivity contribution in [2.75, 3.05) is 31.0 Å². The van der Waals surface area contributed by atoms with Gasteiger partial charge < -0.3 is 21.3 Å². The second-order valence-corrected chi connectivity index (χ2v) is 6.11. The first-order chi connectivity index (χ1) is 10.4. The molecule has 0 saturated heterocycles. The molecule has 0 heterocycles. The molecule has 0 aliphatic rings. The number of primary amides is 1. The first-order valence-electron chi connectivity index (χ1n) is 7.03. The van der Waals surface area contributed by atoms with Gasteiger partial charge in [-0.05, 0) is 36.1 Å². The van der Waals surface area contributed by atoms with Gasteiger partial charge in [0, 0.05) is 26.3 Å². The van der Waals surface area contributed by atoms with Crippen molar-refractivity contribution in [2.24, 2.45) is 5.73 Å². The minimum Gasteiger partial charge on any atom is -0.378 e. The molecule has 1 aromatic rings. The first-order valence-corrected chi connectivity index (χ1v) is 8.42. The lowest BCUT2D eigenvalue weighted by atomic mass is 10.1. The number of rotatable bonds is 8. The van der Waals surface area contributed by atoms with Crippen molar-refractivity contribution in [3.8, 4) is 0 Å². The number of amides is 3. The number of nitrogens with zero attached hydrogens (tertiary/aromatic N) is 1. The van der Waals surface area contributed by atoms with Crippen molar-refractivity contribution in [3.05, 3.63) is 29.8 Å². The molecule has 0 fully saturated rings. The second-order valence-electron chi connectivity index (χ2n) is 5.12. The third-order valence-corrected chi connectivity index (χ3v) is 3.81. The lowest BCUT2D eigenvalue weighted by molar-refractivity contribution is -0.123. The molecular formula is C15H24N4O2S. The predicted octanol–water partition coefficient (Wildman–Crippen LogP) is 1.16. The molecule has 0 aliphatic carbocycles. The highest BCUT2D eigenvalue weighted by atomic mass is 32.2. The molecule has 0 saturated carbocycles. The van der Waals surface area contributed by atoms with E-state index < -0.39 is 12.1 Å². The van der Waals surface area contributed by atoms with Crippen LogP contribution < -0.4 is 21.3 Å². The fraction of sp³-hybridized carbons (Fsp3) is 0.467. The van der Waals surface area contributed by atoms with Crippen LogP contribution in [0.15, 0.2) is 24.3 Å². The lowest BCUT2D eigenvalue weighted by Crippen LogP contribution is -2.48. The lowest BCUT2D eigenvalue weighted by Gasteiger charge is -2.17. The van der Waals surface area contributed by atoms with Crippen molar-refractivity contribution in [3.63, 3.8) is 0 Å². The molecule has 1 rings (SSSR count). The van der Waals surface area contributed by atoms with E-state index in [1.165, 1.54) is 0 Å². The van der Waals surface area contributed by atoms with E-state index in [9.17, 15) is 9.59 Å². The molecule has 0 bridgehead atoms. The number of urea groups is 1. The number of hydrogen-bond acceptors (Lipinski definition) is 4. The number of anilines is 1. The zero-order valence-corrected chi connectivity index (χ0v) is 14.1. The van der Waals surface area contributed by atoms with E-state index in [4.69, 9.17) is 5.73 Å². The van der Waals surface area contributed by atoms with E-state index in [0.29, 0.717) is 13.0 Å². The zero-order chi connectivity index (χ0) is 16.5. The average molecular weight is 324 g/mol. The highest BCUT2D eigenvalue weighted by molar-refractivity contribution is 7.98. The van der Waals surface area contributed by atoms with Gasteiger partial charge in [0.1, 0.15) is 6.04 Å². The predicted molar refractivity (Wildman–Crippen MR) is 92.1 cm³/mol. The summed E-state index contributed by atoms with van der Waals surface area (Å²) in [4.78, 5) is 25.1. The maximum atomic E-state index is 12.1. The summed E-state index contributed by atoms with van der Waals surface area (Å²) in [5.41, 5.74) is 7.22. The van der Waals surface area contributed by atoms with Gasteiger partial charge in [-0.3, -0.25) is 4.79 Å². The maximum absolute atomic E-state index is 12.1. The summed E-state index contributed by atoms with van der Waals surface area (Å²) in [5.74, 6) is 0.556. The molecule has 1 atom stereocenters. The van der Waals surface area contributed by atoms with Crippen LogP contribution in [0.2, 0.25) is 0 Å². The van der Waals surface area contributed by atoms with Crippen LogP contribution in [0.1, 0.15) is 12.0 Å². The number of hydrogen-bond donors (Lipinski definition) is 3. The van der Waals surface area contributed by atoms with Crippen LogP contribution in [0, 0.1) is 0 Å². The normalized spacial score (nSPS) is 11.6.